The van der Waals surface area contributed by atoms with Gasteiger partial charge in [0.05, 0.1) is 23.1 Å². The van der Waals surface area contributed by atoms with Crippen LogP contribution in [0.1, 0.15) is 29.3 Å². The lowest BCUT2D eigenvalue weighted by molar-refractivity contribution is -0.0274. The van der Waals surface area contributed by atoms with Gasteiger partial charge in [0.25, 0.3) is 0 Å². The Morgan fingerprint density at radius 2 is 1.91 bits per heavy atom. The Labute approximate surface area is 202 Å². The van der Waals surface area contributed by atoms with E-state index in [1.54, 1.807) is 25.5 Å². The Bertz CT molecular complexity index is 1290. The average Bonchev–Trinajstić information content (AvgIpc) is 2.83. The molecule has 2 saturated heterocycles. The lowest BCUT2D eigenvalue weighted by Crippen LogP contribution is -2.72. The fourth-order valence-corrected chi connectivity index (χ4v) is 4.76. The van der Waals surface area contributed by atoms with Crippen LogP contribution >= 0.6 is 0 Å². The molecule has 0 saturated carbocycles. The van der Waals surface area contributed by atoms with Crippen LogP contribution in [0.2, 0.25) is 0 Å². The molecule has 0 amide bonds. The monoisotopic (exact) mass is 474 g/mol. The number of nitriles is 1. The zero-order valence-electron chi connectivity index (χ0n) is 19.3. The van der Waals surface area contributed by atoms with Crippen LogP contribution in [0.25, 0.3) is 0 Å². The van der Waals surface area contributed by atoms with Crippen molar-refractivity contribution >= 4 is 11.4 Å². The highest BCUT2D eigenvalue weighted by Gasteiger charge is 2.51. The first-order valence-corrected chi connectivity index (χ1v) is 11.4. The van der Waals surface area contributed by atoms with Gasteiger partial charge in [-0.05, 0) is 42.8 Å². The molecule has 0 aliphatic carbocycles. The zero-order chi connectivity index (χ0) is 24.4. The summed E-state index contributed by atoms with van der Waals surface area (Å²) in [5.74, 6) is -1.86. The van der Waals surface area contributed by atoms with Crippen LogP contribution < -0.4 is 4.90 Å². The van der Waals surface area contributed by atoms with E-state index in [4.69, 9.17) is 10.1 Å². The molecule has 0 bridgehead atoms. The summed E-state index contributed by atoms with van der Waals surface area (Å²) in [4.78, 5) is 18.5. The summed E-state index contributed by atoms with van der Waals surface area (Å²) in [6.45, 7) is 6.85. The molecule has 178 valence electrons. The quantitative estimate of drug-likeness (QED) is 0.384. The SMILES string of the molecule is CCO/N=C(\c1ccc(F)c(F)c1)c1ccc(CN2CC3(C2)CN(c2cncc(C#N)c2)C3)cn1. The van der Waals surface area contributed by atoms with Gasteiger partial charge in [0, 0.05) is 56.1 Å². The van der Waals surface area contributed by atoms with Crippen molar-refractivity contribution in [2.75, 3.05) is 37.7 Å². The fraction of sp³-hybridized carbons (Fsp3) is 0.308. The van der Waals surface area contributed by atoms with Crippen molar-refractivity contribution < 1.29 is 13.6 Å². The Balaban J connectivity index is 1.19. The molecule has 5 rings (SSSR count). The number of benzene rings is 1. The van der Waals surface area contributed by atoms with E-state index in [9.17, 15) is 8.78 Å². The largest absolute Gasteiger partial charge is 0.396 e. The van der Waals surface area contributed by atoms with E-state index >= 15 is 0 Å². The molecule has 3 aromatic rings. The van der Waals surface area contributed by atoms with E-state index in [0.29, 0.717) is 34.6 Å². The third-order valence-electron chi connectivity index (χ3n) is 6.34. The summed E-state index contributed by atoms with van der Waals surface area (Å²) >= 11 is 0. The van der Waals surface area contributed by atoms with Crippen LogP contribution in [0, 0.1) is 28.4 Å². The Morgan fingerprint density at radius 3 is 2.60 bits per heavy atom. The van der Waals surface area contributed by atoms with Gasteiger partial charge in [-0.25, -0.2) is 8.78 Å². The highest BCUT2D eigenvalue weighted by molar-refractivity contribution is 6.11. The van der Waals surface area contributed by atoms with Crippen molar-refractivity contribution in [2.24, 2.45) is 10.6 Å². The first-order valence-electron chi connectivity index (χ1n) is 11.4. The maximum atomic E-state index is 13.8. The molecular formula is C26H24F2N6O. The molecule has 1 spiro atoms. The second kappa shape index (κ2) is 9.39. The predicted octanol–water partition coefficient (Wildman–Crippen LogP) is 3.74. The van der Waals surface area contributed by atoms with E-state index in [-0.39, 0.29) is 0 Å². The van der Waals surface area contributed by atoms with Crippen molar-refractivity contribution in [3.63, 3.8) is 0 Å². The van der Waals surface area contributed by atoms with Crippen LogP contribution in [0.15, 0.2) is 60.1 Å². The molecule has 7 nitrogen and oxygen atoms in total. The second-order valence-corrected chi connectivity index (χ2v) is 9.08. The van der Waals surface area contributed by atoms with Gasteiger partial charge in [0.2, 0.25) is 0 Å². The summed E-state index contributed by atoms with van der Waals surface area (Å²) in [6.07, 6.45) is 5.17. The summed E-state index contributed by atoms with van der Waals surface area (Å²) in [5.41, 5.74) is 4.20. The number of nitrogens with zero attached hydrogens (tertiary/aromatic N) is 6. The maximum Gasteiger partial charge on any atom is 0.159 e. The molecular weight excluding hydrogens is 450 g/mol. The molecule has 2 aliphatic heterocycles. The molecule has 2 fully saturated rings. The van der Waals surface area contributed by atoms with E-state index in [0.717, 1.165) is 56.1 Å². The van der Waals surface area contributed by atoms with Gasteiger partial charge >= 0.3 is 0 Å². The molecule has 0 unspecified atom stereocenters. The average molecular weight is 475 g/mol. The lowest BCUT2D eigenvalue weighted by Gasteiger charge is -2.61. The van der Waals surface area contributed by atoms with Crippen molar-refractivity contribution in [2.45, 2.75) is 13.5 Å². The van der Waals surface area contributed by atoms with Gasteiger partial charge in [-0.15, -0.1) is 0 Å². The molecule has 0 radical (unpaired) electrons. The Morgan fingerprint density at radius 1 is 1.09 bits per heavy atom. The summed E-state index contributed by atoms with van der Waals surface area (Å²) in [5, 5.41) is 13.2. The van der Waals surface area contributed by atoms with Gasteiger partial charge in [-0.3, -0.25) is 14.9 Å². The number of aromatic nitrogens is 2. The smallest absolute Gasteiger partial charge is 0.159 e. The third kappa shape index (κ3) is 4.70. The number of hydrogen-bond donors (Lipinski definition) is 0. The van der Waals surface area contributed by atoms with Gasteiger partial charge in [0.15, 0.2) is 11.6 Å². The van der Waals surface area contributed by atoms with Gasteiger partial charge in [-0.2, -0.15) is 5.26 Å². The molecule has 0 N–H and O–H groups in total. The Kier molecular flexibility index (Phi) is 6.14. The summed E-state index contributed by atoms with van der Waals surface area (Å²) in [7, 11) is 0. The first kappa shape index (κ1) is 22.9. The highest BCUT2D eigenvalue weighted by Crippen LogP contribution is 2.42. The van der Waals surface area contributed by atoms with Crippen LogP contribution in [0.5, 0.6) is 0 Å². The van der Waals surface area contributed by atoms with Gasteiger partial charge < -0.3 is 9.74 Å². The topological polar surface area (TPSA) is 77.6 Å². The number of anilines is 1. The normalized spacial score (nSPS) is 17.0. The standard InChI is InChI=1S/C26H24F2N6O/c1-2-35-32-25(20-4-5-22(27)23(28)8-20)24-6-3-18(11-31-24)13-33-14-26(15-33)16-34(17-26)21-7-19(9-29)10-30-12-21/h3-8,10-12H,2,13-17H2,1H3/b32-25+. The summed E-state index contributed by atoms with van der Waals surface area (Å²) < 4.78 is 27.1. The number of halogens is 2. The highest BCUT2D eigenvalue weighted by atomic mass is 19.2. The number of rotatable bonds is 7. The first-order chi connectivity index (χ1) is 17.0. The fourth-order valence-electron chi connectivity index (χ4n) is 4.76. The van der Waals surface area contributed by atoms with Gasteiger partial charge in [0.1, 0.15) is 18.4 Å². The van der Waals surface area contributed by atoms with Crippen LogP contribution in [0.3, 0.4) is 0 Å². The molecule has 9 heteroatoms. The lowest BCUT2D eigenvalue weighted by atomic mass is 9.72. The van der Waals surface area contributed by atoms with Gasteiger partial charge in [-0.1, -0.05) is 11.2 Å². The van der Waals surface area contributed by atoms with E-state index in [2.05, 4.69) is 31.0 Å². The van der Waals surface area contributed by atoms with E-state index < -0.39 is 11.6 Å². The molecule has 0 atom stereocenters. The van der Waals surface area contributed by atoms with Crippen LogP contribution in [-0.2, 0) is 11.4 Å². The van der Waals surface area contributed by atoms with Crippen molar-refractivity contribution in [3.8, 4) is 6.07 Å². The molecule has 35 heavy (non-hydrogen) atoms. The van der Waals surface area contributed by atoms with Crippen LogP contribution in [-0.4, -0.2) is 53.4 Å². The maximum absolute atomic E-state index is 13.8. The minimum absolute atomic E-state index is 0.292. The van der Waals surface area contributed by atoms with E-state index in [1.165, 1.54) is 6.07 Å². The summed E-state index contributed by atoms with van der Waals surface area (Å²) in [6, 6.07) is 11.4. The van der Waals surface area contributed by atoms with Crippen molar-refractivity contribution in [1.82, 2.24) is 14.9 Å². The number of likely N-dealkylation sites (tertiary alicyclic amines) is 1. The number of hydrogen-bond acceptors (Lipinski definition) is 7. The number of pyridine rings is 2. The second-order valence-electron chi connectivity index (χ2n) is 9.08. The molecule has 2 aromatic heterocycles. The molecule has 2 aliphatic rings. The molecule has 4 heterocycles. The zero-order valence-corrected chi connectivity index (χ0v) is 19.3. The minimum Gasteiger partial charge on any atom is -0.396 e. The minimum atomic E-state index is -0.946. The third-order valence-corrected chi connectivity index (χ3v) is 6.34. The Hall–Kier alpha value is -3.90. The molecule has 1 aromatic carbocycles. The van der Waals surface area contributed by atoms with Crippen molar-refractivity contribution in [3.05, 3.63) is 89.0 Å². The number of oxime groups is 1. The van der Waals surface area contributed by atoms with Crippen molar-refractivity contribution in [1.29, 1.82) is 5.26 Å². The predicted molar refractivity (Wildman–Crippen MR) is 127 cm³/mol. The van der Waals surface area contributed by atoms with E-state index in [1.807, 2.05) is 18.2 Å². The van der Waals surface area contributed by atoms with Crippen LogP contribution in [0.4, 0.5) is 14.5 Å².